The molecule has 0 fully saturated rings. The minimum atomic E-state index is -0.711. The van der Waals surface area contributed by atoms with Crippen LogP contribution in [0.25, 0.3) is 22.4 Å². The predicted molar refractivity (Wildman–Crippen MR) is 122 cm³/mol. The Hall–Kier alpha value is -3.75. The molecule has 170 valence electrons. The number of anilines is 1. The normalized spacial score (nSPS) is 15.8. The SMILES string of the molecule is CC(C)N1CCc2cc(-c3cc(-c4ccc5c(c4)CCNC5=O)c(N)nc3F)nn2CC1=O. The van der Waals surface area contributed by atoms with E-state index in [0.717, 1.165) is 16.8 Å². The van der Waals surface area contributed by atoms with Gasteiger partial charge in [-0.15, -0.1) is 0 Å². The van der Waals surface area contributed by atoms with Gasteiger partial charge in [0.1, 0.15) is 12.4 Å². The number of benzene rings is 1. The van der Waals surface area contributed by atoms with Crippen molar-refractivity contribution in [2.45, 2.75) is 39.3 Å². The number of nitrogens with two attached hydrogens (primary N) is 1. The van der Waals surface area contributed by atoms with Gasteiger partial charge in [0.2, 0.25) is 11.9 Å². The van der Waals surface area contributed by atoms with Gasteiger partial charge in [-0.25, -0.2) is 4.98 Å². The molecule has 0 radical (unpaired) electrons. The lowest BCUT2D eigenvalue weighted by molar-refractivity contribution is -0.133. The highest BCUT2D eigenvalue weighted by Gasteiger charge is 2.25. The van der Waals surface area contributed by atoms with Gasteiger partial charge in [0.15, 0.2) is 0 Å². The number of pyridine rings is 1. The second-order valence-electron chi connectivity index (χ2n) is 8.75. The molecular weight excluding hydrogens is 423 g/mol. The maximum atomic E-state index is 14.9. The van der Waals surface area contributed by atoms with E-state index in [4.69, 9.17) is 5.73 Å². The number of rotatable bonds is 3. The van der Waals surface area contributed by atoms with Crippen LogP contribution in [0.3, 0.4) is 0 Å². The largest absolute Gasteiger partial charge is 0.383 e. The molecule has 2 amide bonds. The molecule has 33 heavy (non-hydrogen) atoms. The van der Waals surface area contributed by atoms with Gasteiger partial charge >= 0.3 is 0 Å². The quantitative estimate of drug-likeness (QED) is 0.599. The molecule has 0 aliphatic carbocycles. The Bertz CT molecular complexity index is 1280. The van der Waals surface area contributed by atoms with E-state index in [-0.39, 0.29) is 35.8 Å². The van der Waals surface area contributed by atoms with Crippen molar-refractivity contribution in [1.82, 2.24) is 25.0 Å². The molecule has 2 aliphatic rings. The number of fused-ring (bicyclic) bond motifs is 2. The van der Waals surface area contributed by atoms with Gasteiger partial charge in [0, 0.05) is 42.4 Å². The van der Waals surface area contributed by atoms with Gasteiger partial charge in [-0.1, -0.05) is 12.1 Å². The zero-order valence-corrected chi connectivity index (χ0v) is 18.6. The average molecular weight is 449 g/mol. The van der Waals surface area contributed by atoms with Crippen LogP contribution in [0, 0.1) is 5.95 Å². The van der Waals surface area contributed by atoms with E-state index >= 15 is 0 Å². The van der Waals surface area contributed by atoms with Gasteiger partial charge in [-0.3, -0.25) is 14.3 Å². The molecule has 0 bridgehead atoms. The molecule has 0 atom stereocenters. The number of aromatic nitrogens is 3. The second-order valence-corrected chi connectivity index (χ2v) is 8.75. The number of nitrogen functional groups attached to an aromatic ring is 1. The van der Waals surface area contributed by atoms with E-state index in [9.17, 15) is 14.0 Å². The smallest absolute Gasteiger partial charge is 0.251 e. The number of halogens is 1. The number of nitrogens with zero attached hydrogens (tertiary/aromatic N) is 4. The summed E-state index contributed by atoms with van der Waals surface area (Å²) in [5.41, 5.74) is 10.5. The van der Waals surface area contributed by atoms with E-state index in [1.165, 1.54) is 0 Å². The monoisotopic (exact) mass is 448 g/mol. The highest BCUT2D eigenvalue weighted by molar-refractivity contribution is 5.97. The van der Waals surface area contributed by atoms with Gasteiger partial charge in [-0.05, 0) is 49.6 Å². The summed E-state index contributed by atoms with van der Waals surface area (Å²) in [7, 11) is 0. The Morgan fingerprint density at radius 2 is 1.91 bits per heavy atom. The average Bonchev–Trinajstić information content (AvgIpc) is 3.08. The van der Waals surface area contributed by atoms with Crippen molar-refractivity contribution in [1.29, 1.82) is 0 Å². The van der Waals surface area contributed by atoms with Crippen molar-refractivity contribution in [2.24, 2.45) is 0 Å². The van der Waals surface area contributed by atoms with Crippen molar-refractivity contribution in [2.75, 3.05) is 18.8 Å². The molecule has 8 nitrogen and oxygen atoms in total. The zero-order valence-electron chi connectivity index (χ0n) is 18.6. The lowest BCUT2D eigenvalue weighted by Crippen LogP contribution is -2.38. The van der Waals surface area contributed by atoms with Gasteiger partial charge in [0.25, 0.3) is 5.91 Å². The number of carbonyl (C=O) groups excluding carboxylic acids is 2. The molecule has 0 spiro atoms. The summed E-state index contributed by atoms with van der Waals surface area (Å²) in [5.74, 6) is -0.746. The van der Waals surface area contributed by atoms with Crippen LogP contribution in [0.5, 0.6) is 0 Å². The lowest BCUT2D eigenvalue weighted by Gasteiger charge is -2.24. The zero-order chi connectivity index (χ0) is 23.3. The molecule has 5 rings (SSSR count). The minimum absolute atomic E-state index is 0.00640. The number of carbonyl (C=O) groups is 2. The maximum Gasteiger partial charge on any atom is 0.251 e. The van der Waals surface area contributed by atoms with Crippen LogP contribution in [0.15, 0.2) is 30.3 Å². The van der Waals surface area contributed by atoms with Gasteiger partial charge in [0.05, 0.1) is 11.3 Å². The lowest BCUT2D eigenvalue weighted by atomic mass is 9.94. The number of hydrogen-bond donors (Lipinski definition) is 2. The molecule has 0 saturated heterocycles. The highest BCUT2D eigenvalue weighted by Crippen LogP contribution is 2.33. The molecule has 0 saturated carbocycles. The van der Waals surface area contributed by atoms with Crippen molar-refractivity contribution in [3.05, 3.63) is 53.1 Å². The molecule has 1 aromatic carbocycles. The summed E-state index contributed by atoms with van der Waals surface area (Å²) in [6, 6.07) is 9.03. The first-order valence-electron chi connectivity index (χ1n) is 11.1. The number of amides is 2. The summed E-state index contributed by atoms with van der Waals surface area (Å²) in [4.78, 5) is 30.4. The molecule has 0 unspecified atom stereocenters. The third-order valence-electron chi connectivity index (χ3n) is 6.32. The fraction of sp³-hybridized carbons (Fsp3) is 0.333. The Morgan fingerprint density at radius 3 is 2.70 bits per heavy atom. The van der Waals surface area contributed by atoms with Crippen LogP contribution in [-0.2, 0) is 24.2 Å². The van der Waals surface area contributed by atoms with Crippen LogP contribution < -0.4 is 11.1 Å². The van der Waals surface area contributed by atoms with E-state index in [0.29, 0.717) is 42.8 Å². The minimum Gasteiger partial charge on any atom is -0.383 e. The molecular formula is C24H25FN6O2. The molecule has 2 aromatic heterocycles. The standard InChI is InChI=1S/C24H25FN6O2/c1-13(2)30-8-6-16-10-20(29-31(16)12-21(30)32)19-11-18(23(26)28-22(19)25)14-3-4-17-15(9-14)5-7-27-24(17)33/h3-4,9-11,13H,5-8,12H2,1-2H3,(H2,26,28)(H,27,33). The molecule has 4 heterocycles. The van der Waals surface area contributed by atoms with Crippen LogP contribution in [-0.4, -0.2) is 50.6 Å². The van der Waals surface area contributed by atoms with Crippen molar-refractivity contribution >= 4 is 17.6 Å². The molecule has 9 heteroatoms. The van der Waals surface area contributed by atoms with Crippen molar-refractivity contribution in [3.63, 3.8) is 0 Å². The van der Waals surface area contributed by atoms with Crippen LogP contribution in [0.4, 0.5) is 10.2 Å². The third kappa shape index (κ3) is 3.73. The summed E-state index contributed by atoms with van der Waals surface area (Å²) in [6.07, 6.45) is 1.35. The summed E-state index contributed by atoms with van der Waals surface area (Å²) < 4.78 is 16.5. The van der Waals surface area contributed by atoms with E-state index < -0.39 is 5.95 Å². The van der Waals surface area contributed by atoms with Gasteiger partial charge in [-0.2, -0.15) is 9.49 Å². The molecule has 3 N–H and O–H groups in total. The molecule has 2 aliphatic heterocycles. The first kappa shape index (κ1) is 21.1. The molecule has 3 aromatic rings. The van der Waals surface area contributed by atoms with Crippen LogP contribution in [0.2, 0.25) is 0 Å². The summed E-state index contributed by atoms with van der Waals surface area (Å²) in [5, 5.41) is 7.35. The Labute approximate surface area is 190 Å². The van der Waals surface area contributed by atoms with E-state index in [1.54, 1.807) is 22.9 Å². The first-order valence-corrected chi connectivity index (χ1v) is 11.1. The summed E-state index contributed by atoms with van der Waals surface area (Å²) in [6.45, 7) is 5.27. The van der Waals surface area contributed by atoms with E-state index in [2.05, 4.69) is 15.4 Å². The topological polar surface area (TPSA) is 106 Å². The highest BCUT2D eigenvalue weighted by atomic mass is 19.1. The second kappa shape index (κ2) is 7.99. The number of nitrogens with one attached hydrogen (secondary N) is 1. The van der Waals surface area contributed by atoms with Crippen LogP contribution in [0.1, 0.15) is 35.5 Å². The van der Waals surface area contributed by atoms with Crippen LogP contribution >= 0.6 is 0 Å². The van der Waals surface area contributed by atoms with Gasteiger partial charge < -0.3 is 16.0 Å². The maximum absolute atomic E-state index is 14.9. The van der Waals surface area contributed by atoms with E-state index in [1.807, 2.05) is 30.9 Å². The first-order chi connectivity index (χ1) is 15.8. The Kier molecular flexibility index (Phi) is 5.11. The Balaban J connectivity index is 1.52. The number of hydrogen-bond acceptors (Lipinski definition) is 5. The fourth-order valence-corrected chi connectivity index (χ4v) is 4.56. The predicted octanol–water partition coefficient (Wildman–Crippen LogP) is 2.41. The van der Waals surface area contributed by atoms with Crippen molar-refractivity contribution < 1.29 is 14.0 Å². The third-order valence-corrected chi connectivity index (χ3v) is 6.32. The summed E-state index contributed by atoms with van der Waals surface area (Å²) >= 11 is 0. The fourth-order valence-electron chi connectivity index (χ4n) is 4.56. The Morgan fingerprint density at radius 1 is 1.09 bits per heavy atom. The van der Waals surface area contributed by atoms with Crippen molar-refractivity contribution in [3.8, 4) is 22.4 Å².